The predicted octanol–water partition coefficient (Wildman–Crippen LogP) is 5.64. The largest absolute Gasteiger partial charge is 0.462 e. The number of nitrogens with zero attached hydrogens (tertiary/aromatic N) is 4. The van der Waals surface area contributed by atoms with Crippen molar-refractivity contribution in [2.24, 2.45) is 5.41 Å². The molecule has 0 saturated heterocycles. The minimum Gasteiger partial charge on any atom is -0.462 e. The highest BCUT2D eigenvalue weighted by atomic mass is 32.1. The van der Waals surface area contributed by atoms with E-state index in [1.165, 1.54) is 16.8 Å². The van der Waals surface area contributed by atoms with E-state index in [0.717, 1.165) is 17.6 Å². The maximum atomic E-state index is 16.0. The van der Waals surface area contributed by atoms with E-state index in [0.29, 0.717) is 11.3 Å². The van der Waals surface area contributed by atoms with Crippen LogP contribution in [0.15, 0.2) is 34.7 Å². The van der Waals surface area contributed by atoms with Gasteiger partial charge in [0, 0.05) is 41.0 Å². The number of ether oxygens (including phenoxy) is 1. The highest BCUT2D eigenvalue weighted by molar-refractivity contribution is 7.13. The van der Waals surface area contributed by atoms with Gasteiger partial charge >= 0.3 is 18.2 Å². The average molecular weight is 651 g/mol. The Morgan fingerprint density at radius 1 is 1.11 bits per heavy atom. The molecule has 0 fully saturated rings. The number of hydrogen-bond donors (Lipinski definition) is 3. The number of aliphatic hydroxyl groups excluding tert-OH is 1. The van der Waals surface area contributed by atoms with Gasteiger partial charge in [-0.05, 0) is 31.4 Å². The van der Waals surface area contributed by atoms with Gasteiger partial charge in [-0.3, -0.25) is 10.1 Å². The third-order valence-electron chi connectivity index (χ3n) is 6.76. The number of pyridine rings is 3. The minimum atomic E-state index is -4.76. The second kappa shape index (κ2) is 12.9. The molecule has 0 aromatic carbocycles. The molecule has 0 aliphatic carbocycles. The fourth-order valence-corrected chi connectivity index (χ4v) is 5.43. The molecule has 3 N–H and O–H groups in total. The van der Waals surface area contributed by atoms with Gasteiger partial charge in [-0.1, -0.05) is 20.8 Å². The molecule has 4 aromatic heterocycles. The summed E-state index contributed by atoms with van der Waals surface area (Å²) in [5.41, 5.74) is -3.70. The highest BCUT2D eigenvalue weighted by Crippen LogP contribution is 2.40. The summed E-state index contributed by atoms with van der Waals surface area (Å²) >= 11 is 0.628. The lowest BCUT2D eigenvalue weighted by molar-refractivity contribution is -0.140. The SMILES string of the molecule is CCNC(=O)Nc1cc(-c2nc(C(F)(F)F)cs2)c(-c2cc3c(=O)c(C(=O)OCC)cn(C(CO)C(C)(C)C)c3nc2F)cn1. The fourth-order valence-electron chi connectivity index (χ4n) is 4.57. The smallest absolute Gasteiger partial charge is 0.434 e. The molecule has 0 aliphatic rings. The number of aliphatic hydroxyl groups is 1. The summed E-state index contributed by atoms with van der Waals surface area (Å²) in [5, 5.41) is 15.6. The van der Waals surface area contributed by atoms with Crippen LogP contribution in [0, 0.1) is 11.4 Å². The molecule has 1 unspecified atom stereocenters. The molecule has 4 heterocycles. The second-order valence-corrected chi connectivity index (χ2v) is 11.8. The topological polar surface area (TPSA) is 148 Å². The molecule has 0 aliphatic heterocycles. The summed E-state index contributed by atoms with van der Waals surface area (Å²) in [6.07, 6.45) is -2.48. The first kappa shape index (κ1) is 33.5. The van der Waals surface area contributed by atoms with E-state index in [1.54, 1.807) is 34.6 Å². The number of urea groups is 1. The van der Waals surface area contributed by atoms with Crippen LogP contribution in [-0.2, 0) is 10.9 Å². The van der Waals surface area contributed by atoms with Gasteiger partial charge < -0.3 is 19.7 Å². The van der Waals surface area contributed by atoms with Crippen LogP contribution in [0.5, 0.6) is 0 Å². The quantitative estimate of drug-likeness (QED) is 0.126. The Kier molecular flexibility index (Phi) is 9.58. The number of carbonyl (C=O) groups is 2. The van der Waals surface area contributed by atoms with E-state index in [4.69, 9.17) is 4.74 Å². The van der Waals surface area contributed by atoms with E-state index in [2.05, 4.69) is 25.6 Å². The number of alkyl halides is 3. The van der Waals surface area contributed by atoms with Gasteiger partial charge in [0.1, 0.15) is 22.0 Å². The average Bonchev–Trinajstić information content (AvgIpc) is 3.45. The number of rotatable bonds is 8. The molecule has 4 rings (SSSR count). The fraction of sp³-hybridized carbons (Fsp3) is 0.379. The van der Waals surface area contributed by atoms with Crippen molar-refractivity contribution in [2.45, 2.75) is 46.8 Å². The molecule has 11 nitrogen and oxygen atoms in total. The molecule has 240 valence electrons. The van der Waals surface area contributed by atoms with Gasteiger partial charge in [0.25, 0.3) is 0 Å². The molecule has 0 saturated carbocycles. The Labute approximate surface area is 258 Å². The van der Waals surface area contributed by atoms with Crippen LogP contribution in [0.2, 0.25) is 0 Å². The Bertz CT molecular complexity index is 1820. The Morgan fingerprint density at radius 2 is 1.82 bits per heavy atom. The number of carbonyl (C=O) groups excluding carboxylic acids is 2. The standard InChI is InChI=1S/C29H30F4N6O5S/c1-6-34-27(43)37-21-9-15(25-36-19(13-45-25)29(31,32)33)17(10-35-21)14-8-16-22(41)18(26(42)44-7-2)11-39(24(16)38-23(14)30)20(12-40)28(3,4)5/h8-11,13,20,40H,6-7,12H2,1-5H3,(H2,34,35,37,43). The maximum absolute atomic E-state index is 16.0. The zero-order valence-electron chi connectivity index (χ0n) is 24.9. The summed E-state index contributed by atoms with van der Waals surface area (Å²) in [4.78, 5) is 50.4. The first-order chi connectivity index (χ1) is 21.1. The van der Waals surface area contributed by atoms with Gasteiger partial charge in [-0.15, -0.1) is 11.3 Å². The monoisotopic (exact) mass is 650 g/mol. The van der Waals surface area contributed by atoms with Crippen LogP contribution in [-0.4, -0.2) is 56.4 Å². The number of nitrogens with one attached hydrogen (secondary N) is 2. The zero-order valence-corrected chi connectivity index (χ0v) is 25.7. The van der Waals surface area contributed by atoms with E-state index in [1.807, 2.05) is 0 Å². The van der Waals surface area contributed by atoms with Gasteiger partial charge in [0.2, 0.25) is 11.4 Å². The summed E-state index contributed by atoms with van der Waals surface area (Å²) < 4.78 is 62.7. The zero-order chi connectivity index (χ0) is 33.3. The van der Waals surface area contributed by atoms with Crippen molar-refractivity contribution in [1.29, 1.82) is 0 Å². The van der Waals surface area contributed by atoms with E-state index in [-0.39, 0.29) is 57.3 Å². The van der Waals surface area contributed by atoms with E-state index in [9.17, 15) is 32.7 Å². The summed E-state index contributed by atoms with van der Waals surface area (Å²) in [7, 11) is 0. The summed E-state index contributed by atoms with van der Waals surface area (Å²) in [5.74, 6) is -2.13. The lowest BCUT2D eigenvalue weighted by atomic mass is 9.86. The highest BCUT2D eigenvalue weighted by Gasteiger charge is 2.35. The number of halogens is 4. The van der Waals surface area contributed by atoms with Crippen molar-refractivity contribution in [2.75, 3.05) is 25.1 Å². The molecule has 16 heteroatoms. The number of esters is 1. The normalized spacial score (nSPS) is 12.7. The molecule has 0 bridgehead atoms. The van der Waals surface area contributed by atoms with Gasteiger partial charge in [0.05, 0.1) is 24.6 Å². The van der Waals surface area contributed by atoms with Gasteiger partial charge in [0.15, 0.2) is 5.69 Å². The lowest BCUT2D eigenvalue weighted by Gasteiger charge is -2.32. The summed E-state index contributed by atoms with van der Waals surface area (Å²) in [6.45, 7) is 8.42. The van der Waals surface area contributed by atoms with Crippen LogP contribution in [0.1, 0.15) is 56.7 Å². The van der Waals surface area contributed by atoms with Crippen molar-refractivity contribution in [3.8, 4) is 21.7 Å². The van der Waals surface area contributed by atoms with Gasteiger partial charge in [-0.2, -0.15) is 17.6 Å². The number of hydrogen-bond acceptors (Lipinski definition) is 9. The number of thiazole rings is 1. The molecule has 1 atom stereocenters. The first-order valence-corrected chi connectivity index (χ1v) is 14.6. The van der Waals surface area contributed by atoms with Crippen molar-refractivity contribution in [3.63, 3.8) is 0 Å². The maximum Gasteiger partial charge on any atom is 0.434 e. The number of amides is 2. The molecule has 0 spiro atoms. The van der Waals surface area contributed by atoms with Crippen molar-refractivity contribution in [3.05, 3.63) is 57.3 Å². The Balaban J connectivity index is 2.03. The van der Waals surface area contributed by atoms with Crippen LogP contribution in [0.25, 0.3) is 32.7 Å². The van der Waals surface area contributed by atoms with Crippen molar-refractivity contribution < 1.29 is 37.0 Å². The number of aromatic nitrogens is 4. The molecule has 45 heavy (non-hydrogen) atoms. The third-order valence-corrected chi connectivity index (χ3v) is 7.64. The molecule has 2 amide bonds. The minimum absolute atomic E-state index is 0.0364. The van der Waals surface area contributed by atoms with Crippen LogP contribution in [0.4, 0.5) is 28.2 Å². The third kappa shape index (κ3) is 6.96. The Morgan fingerprint density at radius 3 is 2.40 bits per heavy atom. The van der Waals surface area contributed by atoms with Crippen molar-refractivity contribution in [1.82, 2.24) is 24.8 Å². The van der Waals surface area contributed by atoms with Crippen LogP contribution in [0.3, 0.4) is 0 Å². The molecular weight excluding hydrogens is 620 g/mol. The number of anilines is 1. The Hall–Kier alpha value is -4.44. The number of fused-ring (bicyclic) bond motifs is 1. The first-order valence-electron chi connectivity index (χ1n) is 13.7. The van der Waals surface area contributed by atoms with E-state index < -0.39 is 53.3 Å². The molecular formula is C29H30F4N6O5S. The second-order valence-electron chi connectivity index (χ2n) is 10.9. The van der Waals surface area contributed by atoms with Crippen molar-refractivity contribution >= 4 is 40.2 Å². The molecule has 0 radical (unpaired) electrons. The molecule has 4 aromatic rings. The van der Waals surface area contributed by atoms with Gasteiger partial charge in [-0.25, -0.2) is 24.5 Å². The van der Waals surface area contributed by atoms with Crippen LogP contribution >= 0.6 is 11.3 Å². The summed E-state index contributed by atoms with van der Waals surface area (Å²) in [6, 6.07) is 0.940. The van der Waals surface area contributed by atoms with Crippen LogP contribution < -0.4 is 16.1 Å². The lowest BCUT2D eigenvalue weighted by Crippen LogP contribution is -2.31. The van der Waals surface area contributed by atoms with E-state index >= 15 is 4.39 Å². The predicted molar refractivity (Wildman–Crippen MR) is 160 cm³/mol.